The number of thiophene rings is 1. The minimum absolute atomic E-state index is 0.00753. The van der Waals surface area contributed by atoms with Crippen molar-refractivity contribution in [3.63, 3.8) is 0 Å². The predicted octanol–water partition coefficient (Wildman–Crippen LogP) is 5.22. The van der Waals surface area contributed by atoms with Crippen LogP contribution in [0.5, 0.6) is 0 Å². The lowest BCUT2D eigenvalue weighted by molar-refractivity contribution is -0.117. The molecule has 0 fully saturated rings. The van der Waals surface area contributed by atoms with Crippen molar-refractivity contribution in [3.8, 4) is 0 Å². The second-order valence-corrected chi connectivity index (χ2v) is 7.64. The van der Waals surface area contributed by atoms with Crippen LogP contribution in [0.15, 0.2) is 76.6 Å². The second kappa shape index (κ2) is 8.43. The van der Waals surface area contributed by atoms with Crippen molar-refractivity contribution in [2.45, 2.75) is 19.0 Å². The summed E-state index contributed by atoms with van der Waals surface area (Å²) in [6, 6.07) is 21.5. The van der Waals surface area contributed by atoms with Crippen LogP contribution in [0.2, 0.25) is 0 Å². The SMILES string of the molecule is CC(NC(c1ccccc1)c1cccs1)C(=O)Nc1ccc(Br)cc1. The van der Waals surface area contributed by atoms with Crippen LogP contribution in [-0.2, 0) is 4.79 Å². The standard InChI is InChI=1S/C20H19BrN2OS/c1-14(20(24)23-17-11-9-16(21)10-12-17)22-19(18-8-5-13-25-18)15-6-3-2-4-7-15/h2-14,19,22H,1H3,(H,23,24). The highest BCUT2D eigenvalue weighted by atomic mass is 79.9. The van der Waals surface area contributed by atoms with E-state index in [2.05, 4.69) is 50.1 Å². The zero-order valence-electron chi connectivity index (χ0n) is 13.8. The number of hydrogen-bond donors (Lipinski definition) is 2. The maximum atomic E-state index is 12.6. The van der Waals surface area contributed by atoms with E-state index in [1.807, 2.05) is 55.5 Å². The topological polar surface area (TPSA) is 41.1 Å². The first-order chi connectivity index (χ1) is 12.1. The molecule has 25 heavy (non-hydrogen) atoms. The average molecular weight is 415 g/mol. The van der Waals surface area contributed by atoms with Crippen molar-refractivity contribution in [1.29, 1.82) is 0 Å². The molecule has 3 nitrogen and oxygen atoms in total. The van der Waals surface area contributed by atoms with Gasteiger partial charge >= 0.3 is 0 Å². The second-order valence-electron chi connectivity index (χ2n) is 5.74. The first kappa shape index (κ1) is 17.9. The molecule has 1 heterocycles. The van der Waals surface area contributed by atoms with Gasteiger partial charge in [0, 0.05) is 15.0 Å². The van der Waals surface area contributed by atoms with Gasteiger partial charge in [-0.15, -0.1) is 11.3 Å². The van der Waals surface area contributed by atoms with Crippen LogP contribution in [0, 0.1) is 0 Å². The van der Waals surface area contributed by atoms with E-state index in [0.29, 0.717) is 0 Å². The van der Waals surface area contributed by atoms with Crippen LogP contribution in [0.25, 0.3) is 0 Å². The molecular weight excluding hydrogens is 396 g/mol. The minimum Gasteiger partial charge on any atom is -0.325 e. The van der Waals surface area contributed by atoms with E-state index >= 15 is 0 Å². The van der Waals surface area contributed by atoms with Gasteiger partial charge in [-0.25, -0.2) is 0 Å². The van der Waals surface area contributed by atoms with Crippen LogP contribution in [-0.4, -0.2) is 11.9 Å². The Morgan fingerprint density at radius 1 is 1.00 bits per heavy atom. The van der Waals surface area contributed by atoms with Crippen molar-refractivity contribution < 1.29 is 4.79 Å². The van der Waals surface area contributed by atoms with Crippen LogP contribution in [0.1, 0.15) is 23.4 Å². The third-order valence-corrected chi connectivity index (χ3v) is 5.35. The molecule has 5 heteroatoms. The smallest absolute Gasteiger partial charge is 0.241 e. The summed E-state index contributed by atoms with van der Waals surface area (Å²) in [5.74, 6) is -0.0557. The monoisotopic (exact) mass is 414 g/mol. The molecule has 0 aliphatic carbocycles. The van der Waals surface area contributed by atoms with Gasteiger partial charge in [0.1, 0.15) is 0 Å². The molecule has 1 amide bonds. The summed E-state index contributed by atoms with van der Waals surface area (Å²) in [5.41, 5.74) is 1.93. The number of carbonyl (C=O) groups excluding carboxylic acids is 1. The number of rotatable bonds is 6. The van der Waals surface area contributed by atoms with Gasteiger partial charge < -0.3 is 5.32 Å². The van der Waals surface area contributed by atoms with Crippen molar-refractivity contribution in [1.82, 2.24) is 5.32 Å². The number of amides is 1. The molecule has 128 valence electrons. The first-order valence-electron chi connectivity index (χ1n) is 8.04. The molecule has 1 aromatic heterocycles. The van der Waals surface area contributed by atoms with Gasteiger partial charge in [-0.3, -0.25) is 10.1 Å². The highest BCUT2D eigenvalue weighted by molar-refractivity contribution is 9.10. The molecule has 2 atom stereocenters. The van der Waals surface area contributed by atoms with Gasteiger partial charge in [-0.2, -0.15) is 0 Å². The summed E-state index contributed by atoms with van der Waals surface area (Å²) >= 11 is 5.08. The molecule has 2 unspecified atom stereocenters. The molecule has 3 aromatic rings. The van der Waals surface area contributed by atoms with Crippen LogP contribution < -0.4 is 10.6 Å². The molecule has 0 radical (unpaired) electrons. The minimum atomic E-state index is -0.337. The Balaban J connectivity index is 1.72. The van der Waals surface area contributed by atoms with E-state index in [4.69, 9.17) is 0 Å². The van der Waals surface area contributed by atoms with Crippen LogP contribution in [0.4, 0.5) is 5.69 Å². The van der Waals surface area contributed by atoms with Crippen LogP contribution in [0.3, 0.4) is 0 Å². The van der Waals surface area contributed by atoms with E-state index < -0.39 is 0 Å². The Morgan fingerprint density at radius 3 is 2.36 bits per heavy atom. The lowest BCUT2D eigenvalue weighted by atomic mass is 10.0. The lowest BCUT2D eigenvalue weighted by Crippen LogP contribution is -2.40. The zero-order valence-corrected chi connectivity index (χ0v) is 16.2. The molecule has 0 saturated carbocycles. The Hall–Kier alpha value is -1.95. The van der Waals surface area contributed by atoms with E-state index in [0.717, 1.165) is 15.7 Å². The number of carbonyl (C=O) groups is 1. The number of benzene rings is 2. The first-order valence-corrected chi connectivity index (χ1v) is 9.71. The molecule has 0 bridgehead atoms. The van der Waals surface area contributed by atoms with Crippen molar-refractivity contribution in [3.05, 3.63) is 87.0 Å². The van der Waals surface area contributed by atoms with E-state index in [1.54, 1.807) is 11.3 Å². The van der Waals surface area contributed by atoms with Gasteiger partial charge in [0.25, 0.3) is 0 Å². The van der Waals surface area contributed by atoms with Gasteiger partial charge in [0.2, 0.25) is 5.91 Å². The number of hydrogen-bond acceptors (Lipinski definition) is 3. The third kappa shape index (κ3) is 4.78. The van der Waals surface area contributed by atoms with Gasteiger partial charge in [0.15, 0.2) is 0 Å². The number of anilines is 1. The Morgan fingerprint density at radius 2 is 1.72 bits per heavy atom. The molecule has 2 aromatic carbocycles. The van der Waals surface area contributed by atoms with Crippen molar-refractivity contribution >= 4 is 38.9 Å². The van der Waals surface area contributed by atoms with E-state index in [-0.39, 0.29) is 18.0 Å². The maximum Gasteiger partial charge on any atom is 0.241 e. The van der Waals surface area contributed by atoms with Crippen LogP contribution >= 0.6 is 27.3 Å². The molecule has 3 rings (SSSR count). The fraction of sp³-hybridized carbons (Fsp3) is 0.150. The summed E-state index contributed by atoms with van der Waals surface area (Å²) in [5, 5.41) is 8.46. The summed E-state index contributed by atoms with van der Waals surface area (Å²) in [4.78, 5) is 13.7. The predicted molar refractivity (Wildman–Crippen MR) is 108 cm³/mol. The van der Waals surface area contributed by atoms with Gasteiger partial charge in [-0.1, -0.05) is 52.3 Å². The Kier molecular flexibility index (Phi) is 6.02. The fourth-order valence-corrected chi connectivity index (χ4v) is 3.63. The normalized spacial score (nSPS) is 13.2. The fourth-order valence-electron chi connectivity index (χ4n) is 2.55. The van der Waals surface area contributed by atoms with Gasteiger partial charge in [0.05, 0.1) is 12.1 Å². The number of nitrogens with one attached hydrogen (secondary N) is 2. The quantitative estimate of drug-likeness (QED) is 0.580. The molecule has 0 aliphatic rings. The Labute approximate surface area is 160 Å². The zero-order chi connectivity index (χ0) is 17.6. The highest BCUT2D eigenvalue weighted by Crippen LogP contribution is 2.26. The lowest BCUT2D eigenvalue weighted by Gasteiger charge is -2.22. The maximum absolute atomic E-state index is 12.6. The molecule has 2 N–H and O–H groups in total. The molecule has 0 saturated heterocycles. The Bertz CT molecular complexity index is 803. The van der Waals surface area contributed by atoms with E-state index in [1.165, 1.54) is 4.88 Å². The molecule has 0 spiro atoms. The van der Waals surface area contributed by atoms with E-state index in [9.17, 15) is 4.79 Å². The summed E-state index contributed by atoms with van der Waals surface area (Å²) in [6.45, 7) is 1.89. The largest absolute Gasteiger partial charge is 0.325 e. The highest BCUT2D eigenvalue weighted by Gasteiger charge is 2.21. The number of halogens is 1. The average Bonchev–Trinajstić information content (AvgIpc) is 3.16. The summed E-state index contributed by atoms with van der Waals surface area (Å²) in [6.07, 6.45) is 0. The molecule has 0 aliphatic heterocycles. The van der Waals surface area contributed by atoms with Gasteiger partial charge in [-0.05, 0) is 48.2 Å². The van der Waals surface area contributed by atoms with Crippen molar-refractivity contribution in [2.75, 3.05) is 5.32 Å². The third-order valence-electron chi connectivity index (χ3n) is 3.88. The summed E-state index contributed by atoms with van der Waals surface area (Å²) in [7, 11) is 0. The summed E-state index contributed by atoms with van der Waals surface area (Å²) < 4.78 is 0.985. The van der Waals surface area contributed by atoms with Crippen molar-refractivity contribution in [2.24, 2.45) is 0 Å². The molecular formula is C20H19BrN2OS.